The standard InChI is InChI=1S/C14H11BrClN3/c1-8-2-5-11-13(6-8)19(14(17)18-11)12-7-9(16)3-4-10(12)15/h2-7H,1H3,(H2,17,18). The van der Waals surface area contributed by atoms with E-state index < -0.39 is 0 Å². The van der Waals surface area contributed by atoms with Crippen LogP contribution in [0.25, 0.3) is 16.7 Å². The van der Waals surface area contributed by atoms with Gasteiger partial charge in [-0.1, -0.05) is 17.7 Å². The van der Waals surface area contributed by atoms with E-state index in [9.17, 15) is 0 Å². The minimum Gasteiger partial charge on any atom is -0.369 e. The van der Waals surface area contributed by atoms with Gasteiger partial charge in [0.05, 0.1) is 16.7 Å². The summed E-state index contributed by atoms with van der Waals surface area (Å²) in [6, 6.07) is 11.6. The van der Waals surface area contributed by atoms with E-state index in [1.807, 2.05) is 41.8 Å². The second-order valence-corrected chi connectivity index (χ2v) is 5.68. The minimum atomic E-state index is 0.448. The fourth-order valence-electron chi connectivity index (χ4n) is 2.11. The molecule has 0 unspecified atom stereocenters. The summed E-state index contributed by atoms with van der Waals surface area (Å²) in [5, 5.41) is 0.659. The summed E-state index contributed by atoms with van der Waals surface area (Å²) in [6.07, 6.45) is 0. The van der Waals surface area contributed by atoms with Crippen LogP contribution in [0.15, 0.2) is 40.9 Å². The number of fused-ring (bicyclic) bond motifs is 1. The molecule has 0 atom stereocenters. The number of benzene rings is 2. The van der Waals surface area contributed by atoms with Crippen LogP contribution in [-0.4, -0.2) is 9.55 Å². The minimum absolute atomic E-state index is 0.448. The van der Waals surface area contributed by atoms with Crippen molar-refractivity contribution >= 4 is 44.5 Å². The molecule has 0 spiro atoms. The molecule has 3 nitrogen and oxygen atoms in total. The average Bonchev–Trinajstić information content (AvgIpc) is 2.68. The summed E-state index contributed by atoms with van der Waals surface area (Å²) in [7, 11) is 0. The van der Waals surface area contributed by atoms with Crippen LogP contribution in [0.4, 0.5) is 5.95 Å². The third kappa shape index (κ3) is 2.11. The van der Waals surface area contributed by atoms with Crippen molar-refractivity contribution in [1.29, 1.82) is 0 Å². The molecule has 2 aromatic carbocycles. The molecule has 3 rings (SSSR count). The molecule has 0 aliphatic carbocycles. The molecule has 1 aromatic heterocycles. The molecule has 0 saturated heterocycles. The lowest BCUT2D eigenvalue weighted by Crippen LogP contribution is -2.01. The first-order valence-corrected chi connectivity index (χ1v) is 6.93. The van der Waals surface area contributed by atoms with Crippen LogP contribution in [0.1, 0.15) is 5.56 Å². The van der Waals surface area contributed by atoms with E-state index in [4.69, 9.17) is 17.3 Å². The third-order valence-corrected chi connectivity index (χ3v) is 3.89. The van der Waals surface area contributed by atoms with E-state index in [-0.39, 0.29) is 0 Å². The lowest BCUT2D eigenvalue weighted by Gasteiger charge is -2.09. The number of halogens is 2. The van der Waals surface area contributed by atoms with Gasteiger partial charge >= 0.3 is 0 Å². The summed E-state index contributed by atoms with van der Waals surface area (Å²) < 4.78 is 2.82. The van der Waals surface area contributed by atoms with Gasteiger partial charge in [-0.3, -0.25) is 4.57 Å². The second-order valence-electron chi connectivity index (χ2n) is 4.39. The highest BCUT2D eigenvalue weighted by Gasteiger charge is 2.12. The van der Waals surface area contributed by atoms with Crippen LogP contribution in [0.2, 0.25) is 5.02 Å². The van der Waals surface area contributed by atoms with Gasteiger partial charge in [0.15, 0.2) is 0 Å². The van der Waals surface area contributed by atoms with E-state index >= 15 is 0 Å². The van der Waals surface area contributed by atoms with Crippen LogP contribution >= 0.6 is 27.5 Å². The maximum Gasteiger partial charge on any atom is 0.205 e. The first-order valence-electron chi connectivity index (χ1n) is 5.76. The smallest absolute Gasteiger partial charge is 0.205 e. The van der Waals surface area contributed by atoms with Gasteiger partial charge in [-0.15, -0.1) is 0 Å². The molecule has 2 N–H and O–H groups in total. The number of nitrogen functional groups attached to an aromatic ring is 1. The maximum atomic E-state index is 6.07. The molecule has 0 aliphatic rings. The van der Waals surface area contributed by atoms with E-state index in [0.717, 1.165) is 26.8 Å². The number of hydrogen-bond donors (Lipinski definition) is 1. The summed E-state index contributed by atoms with van der Waals surface area (Å²) in [5.41, 5.74) is 9.93. The Labute approximate surface area is 124 Å². The first kappa shape index (κ1) is 12.5. The molecule has 0 radical (unpaired) electrons. The Morgan fingerprint density at radius 1 is 1.21 bits per heavy atom. The van der Waals surface area contributed by atoms with Crippen molar-refractivity contribution in [2.45, 2.75) is 6.92 Å². The highest BCUT2D eigenvalue weighted by Crippen LogP contribution is 2.30. The Kier molecular flexibility index (Phi) is 2.99. The van der Waals surface area contributed by atoms with Gasteiger partial charge in [0.1, 0.15) is 0 Å². The van der Waals surface area contributed by atoms with Crippen molar-refractivity contribution in [3.05, 3.63) is 51.5 Å². The largest absolute Gasteiger partial charge is 0.369 e. The summed E-state index contributed by atoms with van der Waals surface area (Å²) in [5.74, 6) is 0.448. The molecule has 0 bridgehead atoms. The number of nitrogens with zero attached hydrogens (tertiary/aromatic N) is 2. The number of anilines is 1. The molecular formula is C14H11BrClN3. The number of nitrogens with two attached hydrogens (primary N) is 1. The van der Waals surface area contributed by atoms with Gasteiger partial charge in [-0.05, 0) is 58.7 Å². The highest BCUT2D eigenvalue weighted by atomic mass is 79.9. The normalized spacial score (nSPS) is 11.1. The van der Waals surface area contributed by atoms with Crippen LogP contribution in [-0.2, 0) is 0 Å². The number of rotatable bonds is 1. The Morgan fingerprint density at radius 3 is 2.79 bits per heavy atom. The van der Waals surface area contributed by atoms with Crippen LogP contribution in [0.3, 0.4) is 0 Å². The second kappa shape index (κ2) is 4.54. The Balaban J connectivity index is 2.38. The molecule has 0 aliphatic heterocycles. The molecule has 0 amide bonds. The van der Waals surface area contributed by atoms with Crippen molar-refractivity contribution in [3.8, 4) is 5.69 Å². The van der Waals surface area contributed by atoms with Crippen molar-refractivity contribution < 1.29 is 0 Å². The number of imidazole rings is 1. The van der Waals surface area contributed by atoms with E-state index in [1.165, 1.54) is 0 Å². The average molecular weight is 337 g/mol. The number of aromatic nitrogens is 2. The van der Waals surface area contributed by atoms with E-state index in [2.05, 4.69) is 27.0 Å². The molecule has 5 heteroatoms. The fourth-order valence-corrected chi connectivity index (χ4v) is 2.70. The van der Waals surface area contributed by atoms with Crippen molar-refractivity contribution in [2.75, 3.05) is 5.73 Å². The molecule has 0 saturated carbocycles. The SMILES string of the molecule is Cc1ccc2nc(N)n(-c3cc(Cl)ccc3Br)c2c1. The van der Waals surface area contributed by atoms with Gasteiger partial charge in [0.2, 0.25) is 5.95 Å². The molecule has 96 valence electrons. The Bertz CT molecular complexity index is 780. The Morgan fingerprint density at radius 2 is 2.00 bits per heavy atom. The van der Waals surface area contributed by atoms with E-state index in [0.29, 0.717) is 11.0 Å². The molecule has 19 heavy (non-hydrogen) atoms. The van der Waals surface area contributed by atoms with Crippen LogP contribution < -0.4 is 5.73 Å². The summed E-state index contributed by atoms with van der Waals surface area (Å²) >= 11 is 9.60. The van der Waals surface area contributed by atoms with Crippen molar-refractivity contribution in [1.82, 2.24) is 9.55 Å². The zero-order valence-corrected chi connectivity index (χ0v) is 12.5. The van der Waals surface area contributed by atoms with Gasteiger partial charge in [-0.2, -0.15) is 0 Å². The van der Waals surface area contributed by atoms with Crippen molar-refractivity contribution in [3.63, 3.8) is 0 Å². The predicted octanol–water partition coefficient (Wildman–Crippen LogP) is 4.33. The van der Waals surface area contributed by atoms with Crippen molar-refractivity contribution in [2.24, 2.45) is 0 Å². The summed E-state index contributed by atoms with van der Waals surface area (Å²) in [6.45, 7) is 2.04. The quantitative estimate of drug-likeness (QED) is 0.718. The molecule has 1 heterocycles. The third-order valence-electron chi connectivity index (χ3n) is 2.99. The van der Waals surface area contributed by atoms with Gasteiger partial charge in [0, 0.05) is 9.50 Å². The monoisotopic (exact) mass is 335 g/mol. The molecule has 0 fully saturated rings. The Hall–Kier alpha value is -1.52. The fraction of sp³-hybridized carbons (Fsp3) is 0.0714. The van der Waals surface area contributed by atoms with Crippen LogP contribution in [0, 0.1) is 6.92 Å². The van der Waals surface area contributed by atoms with Gasteiger partial charge in [0.25, 0.3) is 0 Å². The lowest BCUT2D eigenvalue weighted by atomic mass is 10.2. The lowest BCUT2D eigenvalue weighted by molar-refractivity contribution is 1.10. The zero-order valence-electron chi connectivity index (χ0n) is 10.2. The maximum absolute atomic E-state index is 6.07. The first-order chi connectivity index (χ1) is 9.06. The van der Waals surface area contributed by atoms with E-state index in [1.54, 1.807) is 0 Å². The number of hydrogen-bond acceptors (Lipinski definition) is 2. The molecular weight excluding hydrogens is 326 g/mol. The van der Waals surface area contributed by atoms with Gasteiger partial charge < -0.3 is 5.73 Å². The number of aryl methyl sites for hydroxylation is 1. The van der Waals surface area contributed by atoms with Gasteiger partial charge in [-0.25, -0.2) is 4.98 Å². The topological polar surface area (TPSA) is 43.8 Å². The van der Waals surface area contributed by atoms with Crippen LogP contribution in [0.5, 0.6) is 0 Å². The molecule has 3 aromatic rings. The summed E-state index contributed by atoms with van der Waals surface area (Å²) in [4.78, 5) is 4.38. The zero-order chi connectivity index (χ0) is 13.6. The predicted molar refractivity (Wildman–Crippen MR) is 82.9 cm³/mol. The highest BCUT2D eigenvalue weighted by molar-refractivity contribution is 9.10.